The molecule has 98 valence electrons. The van der Waals surface area contributed by atoms with Crippen molar-refractivity contribution in [3.8, 4) is 0 Å². The van der Waals surface area contributed by atoms with Gasteiger partial charge in [-0.1, -0.05) is 30.3 Å². The highest BCUT2D eigenvalue weighted by Crippen LogP contribution is 2.37. The molecular weight excluding hydrogens is 246 g/mol. The topological polar surface area (TPSA) is 20.2 Å². The molecule has 0 amide bonds. The van der Waals surface area contributed by atoms with Gasteiger partial charge in [0.2, 0.25) is 0 Å². The summed E-state index contributed by atoms with van der Waals surface area (Å²) < 4.78 is 26.5. The molecule has 0 radical (unpaired) electrons. The predicted molar refractivity (Wildman–Crippen MR) is 68.7 cm³/mol. The first-order valence-electron chi connectivity index (χ1n) is 6.35. The van der Waals surface area contributed by atoms with Crippen LogP contribution in [-0.4, -0.2) is 5.11 Å². The third-order valence-corrected chi connectivity index (χ3v) is 3.80. The van der Waals surface area contributed by atoms with Crippen molar-refractivity contribution in [2.75, 3.05) is 0 Å². The SMILES string of the molecule is OC1c2ccccc2CC1Cc1ccc(F)cc1F. The zero-order chi connectivity index (χ0) is 13.4. The molecule has 0 bridgehead atoms. The standard InChI is InChI=1S/C16H14F2O/c17-13-6-5-11(15(18)9-13)8-12-7-10-3-1-2-4-14(10)16(12)19/h1-6,9,12,16,19H,7-8H2. The second-order valence-electron chi connectivity index (χ2n) is 5.05. The quantitative estimate of drug-likeness (QED) is 0.877. The molecule has 0 fully saturated rings. The van der Waals surface area contributed by atoms with Gasteiger partial charge in [0.15, 0.2) is 0 Å². The van der Waals surface area contributed by atoms with Crippen molar-refractivity contribution in [2.45, 2.75) is 18.9 Å². The van der Waals surface area contributed by atoms with Crippen molar-refractivity contribution in [3.63, 3.8) is 0 Å². The zero-order valence-corrected chi connectivity index (χ0v) is 10.3. The van der Waals surface area contributed by atoms with E-state index in [0.717, 1.165) is 23.6 Å². The van der Waals surface area contributed by atoms with Crippen LogP contribution >= 0.6 is 0 Å². The summed E-state index contributed by atoms with van der Waals surface area (Å²) in [7, 11) is 0. The van der Waals surface area contributed by atoms with Gasteiger partial charge < -0.3 is 5.11 Å². The fraction of sp³-hybridized carbons (Fsp3) is 0.250. The van der Waals surface area contributed by atoms with E-state index in [1.165, 1.54) is 12.1 Å². The monoisotopic (exact) mass is 260 g/mol. The van der Waals surface area contributed by atoms with Gasteiger partial charge in [-0.05, 0) is 41.5 Å². The normalized spacial score (nSPS) is 21.4. The maximum atomic E-state index is 13.6. The number of hydrogen-bond donors (Lipinski definition) is 1. The summed E-state index contributed by atoms with van der Waals surface area (Å²) in [5.74, 6) is -1.16. The summed E-state index contributed by atoms with van der Waals surface area (Å²) in [5, 5.41) is 10.3. The van der Waals surface area contributed by atoms with Gasteiger partial charge in [-0.25, -0.2) is 8.78 Å². The van der Waals surface area contributed by atoms with E-state index in [1.54, 1.807) is 0 Å². The third kappa shape index (κ3) is 2.26. The smallest absolute Gasteiger partial charge is 0.129 e. The van der Waals surface area contributed by atoms with Crippen molar-refractivity contribution in [1.82, 2.24) is 0 Å². The molecule has 2 atom stereocenters. The Morgan fingerprint density at radius 2 is 1.89 bits per heavy atom. The Hall–Kier alpha value is -1.74. The van der Waals surface area contributed by atoms with Crippen LogP contribution in [0.4, 0.5) is 8.78 Å². The number of halogens is 2. The Morgan fingerprint density at radius 3 is 2.63 bits per heavy atom. The molecule has 0 saturated heterocycles. The van der Waals surface area contributed by atoms with Crippen LogP contribution in [0.15, 0.2) is 42.5 Å². The molecule has 0 spiro atoms. The second-order valence-corrected chi connectivity index (χ2v) is 5.05. The Bertz CT molecular complexity index is 609. The van der Waals surface area contributed by atoms with Crippen LogP contribution in [0.3, 0.4) is 0 Å². The van der Waals surface area contributed by atoms with E-state index >= 15 is 0 Å². The molecule has 0 saturated carbocycles. The van der Waals surface area contributed by atoms with Gasteiger partial charge in [-0.3, -0.25) is 0 Å². The van der Waals surface area contributed by atoms with E-state index in [4.69, 9.17) is 0 Å². The average Bonchev–Trinajstić information content (AvgIpc) is 2.70. The second kappa shape index (κ2) is 4.74. The van der Waals surface area contributed by atoms with Crippen LogP contribution in [0.1, 0.15) is 22.8 Å². The Morgan fingerprint density at radius 1 is 1.11 bits per heavy atom. The van der Waals surface area contributed by atoms with Crippen LogP contribution in [-0.2, 0) is 12.8 Å². The molecular formula is C16H14F2O. The minimum atomic E-state index is -0.573. The lowest BCUT2D eigenvalue weighted by Crippen LogP contribution is -2.11. The summed E-state index contributed by atoms with van der Waals surface area (Å²) in [6.45, 7) is 0. The molecule has 2 aromatic rings. The molecule has 3 rings (SSSR count). The molecule has 0 aromatic heterocycles. The number of fused-ring (bicyclic) bond motifs is 1. The summed E-state index contributed by atoms with van der Waals surface area (Å²) in [4.78, 5) is 0. The molecule has 1 N–H and O–H groups in total. The molecule has 2 aromatic carbocycles. The molecule has 0 heterocycles. The van der Waals surface area contributed by atoms with Gasteiger partial charge in [0.05, 0.1) is 6.10 Å². The lowest BCUT2D eigenvalue weighted by molar-refractivity contribution is 0.123. The lowest BCUT2D eigenvalue weighted by Gasteiger charge is -2.15. The summed E-state index contributed by atoms with van der Waals surface area (Å²) in [6.07, 6.45) is 0.580. The van der Waals surface area contributed by atoms with Gasteiger partial charge >= 0.3 is 0 Å². The highest BCUT2D eigenvalue weighted by Gasteiger charge is 2.31. The number of hydrogen-bond acceptors (Lipinski definition) is 1. The van der Waals surface area contributed by atoms with E-state index < -0.39 is 17.7 Å². The van der Waals surface area contributed by atoms with Crippen molar-refractivity contribution in [1.29, 1.82) is 0 Å². The Kier molecular flexibility index (Phi) is 3.07. The first-order chi connectivity index (χ1) is 9.15. The van der Waals surface area contributed by atoms with Gasteiger partial charge in [0, 0.05) is 6.07 Å². The predicted octanol–water partition coefficient (Wildman–Crippen LogP) is 3.41. The van der Waals surface area contributed by atoms with E-state index in [9.17, 15) is 13.9 Å². The highest BCUT2D eigenvalue weighted by molar-refractivity contribution is 5.35. The van der Waals surface area contributed by atoms with Crippen molar-refractivity contribution in [2.24, 2.45) is 5.92 Å². The minimum Gasteiger partial charge on any atom is -0.388 e. The minimum absolute atomic E-state index is 0.0441. The molecule has 3 heteroatoms. The van der Waals surface area contributed by atoms with Gasteiger partial charge in [0.25, 0.3) is 0 Å². The van der Waals surface area contributed by atoms with Gasteiger partial charge in [0.1, 0.15) is 11.6 Å². The summed E-state index contributed by atoms with van der Waals surface area (Å²) in [5.41, 5.74) is 2.50. The van der Waals surface area contributed by atoms with E-state index in [1.807, 2.05) is 24.3 Å². The molecule has 1 aliphatic carbocycles. The highest BCUT2D eigenvalue weighted by atomic mass is 19.1. The lowest BCUT2D eigenvalue weighted by atomic mass is 9.94. The fourth-order valence-electron chi connectivity index (χ4n) is 2.81. The van der Waals surface area contributed by atoms with E-state index in [2.05, 4.69) is 0 Å². The molecule has 1 nitrogen and oxygen atoms in total. The Labute approximate surface area is 110 Å². The maximum Gasteiger partial charge on any atom is 0.129 e. The molecule has 1 aliphatic rings. The van der Waals surface area contributed by atoms with Crippen molar-refractivity contribution in [3.05, 3.63) is 70.8 Å². The van der Waals surface area contributed by atoms with E-state index in [-0.39, 0.29) is 5.92 Å². The first kappa shape index (κ1) is 12.3. The van der Waals surface area contributed by atoms with Crippen LogP contribution in [0.2, 0.25) is 0 Å². The molecule has 0 aliphatic heterocycles. The van der Waals surface area contributed by atoms with Gasteiger partial charge in [-0.2, -0.15) is 0 Å². The van der Waals surface area contributed by atoms with Crippen LogP contribution in [0.25, 0.3) is 0 Å². The zero-order valence-electron chi connectivity index (χ0n) is 10.3. The first-order valence-corrected chi connectivity index (χ1v) is 6.35. The van der Waals surface area contributed by atoms with Crippen molar-refractivity contribution < 1.29 is 13.9 Å². The van der Waals surface area contributed by atoms with Gasteiger partial charge in [-0.15, -0.1) is 0 Å². The fourth-order valence-corrected chi connectivity index (χ4v) is 2.81. The summed E-state index contributed by atoms with van der Waals surface area (Å²) in [6, 6.07) is 11.3. The maximum absolute atomic E-state index is 13.6. The van der Waals surface area contributed by atoms with Crippen LogP contribution in [0.5, 0.6) is 0 Å². The molecule has 2 unspecified atom stereocenters. The number of aliphatic hydroxyl groups is 1. The number of aliphatic hydroxyl groups excluding tert-OH is 1. The largest absolute Gasteiger partial charge is 0.388 e. The number of rotatable bonds is 2. The van der Waals surface area contributed by atoms with Crippen molar-refractivity contribution >= 4 is 0 Å². The summed E-state index contributed by atoms with van der Waals surface area (Å²) >= 11 is 0. The number of benzene rings is 2. The average molecular weight is 260 g/mol. The Balaban J connectivity index is 1.83. The van der Waals surface area contributed by atoms with Crippen LogP contribution in [0, 0.1) is 17.6 Å². The molecule has 19 heavy (non-hydrogen) atoms. The van der Waals surface area contributed by atoms with Crippen LogP contribution < -0.4 is 0 Å². The third-order valence-electron chi connectivity index (χ3n) is 3.80. The van der Waals surface area contributed by atoms with E-state index in [0.29, 0.717) is 12.0 Å².